The first-order valence-corrected chi connectivity index (χ1v) is 8.32. The van der Waals surface area contributed by atoms with Gasteiger partial charge in [-0.2, -0.15) is 8.42 Å². The number of hydrogen-bond acceptors (Lipinski definition) is 10. The fraction of sp³-hybridized carbons (Fsp3) is 0.750. The molecule has 1 saturated heterocycles. The van der Waals surface area contributed by atoms with Crippen molar-refractivity contribution in [2.24, 2.45) is 0 Å². The van der Waals surface area contributed by atoms with E-state index in [0.29, 0.717) is 0 Å². The van der Waals surface area contributed by atoms with Crippen LogP contribution in [-0.2, 0) is 43.4 Å². The summed E-state index contributed by atoms with van der Waals surface area (Å²) in [5.74, 6) is -3.64. The van der Waals surface area contributed by atoms with E-state index in [-0.39, 0.29) is 0 Å². The zero-order chi connectivity index (χ0) is 18.7. The van der Waals surface area contributed by atoms with Crippen molar-refractivity contribution < 1.29 is 51.4 Å². The molecule has 0 aromatic carbocycles. The van der Waals surface area contributed by atoms with Gasteiger partial charge in [0.1, 0.15) is 11.9 Å². The van der Waals surface area contributed by atoms with Gasteiger partial charge < -0.3 is 24.1 Å². The van der Waals surface area contributed by atoms with Crippen LogP contribution in [0.25, 0.3) is 0 Å². The standard InChI is InChI=1S/C12H18O11S/c1-5(13)20-9-8(4-24(17,18)19)23-12(16)11(22-7(3)15)10(9)21-6(2)14/h8-12,16H,4H2,1-3H3,(H,17,18,19)/t8-,9-,10+,11-,12+/m1/s1. The molecule has 5 atom stereocenters. The lowest BCUT2D eigenvalue weighted by Gasteiger charge is -2.42. The molecule has 2 N–H and O–H groups in total. The monoisotopic (exact) mass is 370 g/mol. The Bertz CT molecular complexity index is 598. The number of rotatable bonds is 5. The van der Waals surface area contributed by atoms with Crippen LogP contribution in [0.5, 0.6) is 0 Å². The minimum Gasteiger partial charge on any atom is -0.456 e. The average molecular weight is 370 g/mol. The van der Waals surface area contributed by atoms with Crippen LogP contribution in [-0.4, -0.2) is 72.4 Å². The molecule has 138 valence electrons. The molecule has 0 unspecified atom stereocenters. The molecule has 1 aliphatic rings. The van der Waals surface area contributed by atoms with Crippen LogP contribution < -0.4 is 0 Å². The summed E-state index contributed by atoms with van der Waals surface area (Å²) in [7, 11) is -4.58. The first-order valence-electron chi connectivity index (χ1n) is 6.71. The maximum Gasteiger partial charge on any atom is 0.303 e. The minimum absolute atomic E-state index is 0.852. The molecule has 1 aliphatic heterocycles. The van der Waals surface area contributed by atoms with Gasteiger partial charge in [-0.15, -0.1) is 0 Å². The fourth-order valence-corrected chi connectivity index (χ4v) is 2.90. The number of carbonyl (C=O) groups is 3. The summed E-state index contributed by atoms with van der Waals surface area (Å²) in [6.07, 6.45) is -8.08. The molecule has 0 bridgehead atoms. The van der Waals surface area contributed by atoms with Crippen LogP contribution in [0.15, 0.2) is 0 Å². The van der Waals surface area contributed by atoms with Gasteiger partial charge >= 0.3 is 17.9 Å². The van der Waals surface area contributed by atoms with Crippen molar-refractivity contribution in [1.82, 2.24) is 0 Å². The number of aliphatic hydroxyl groups excluding tert-OH is 1. The Labute approximate surface area is 137 Å². The lowest BCUT2D eigenvalue weighted by molar-refractivity contribution is -0.287. The first-order chi connectivity index (χ1) is 10.9. The SMILES string of the molecule is CC(=O)O[C@@H]1[C@@H](OC(C)=O)[C@@H](O)O[C@H](CS(=O)(=O)O)[C@H]1OC(C)=O. The van der Waals surface area contributed by atoms with E-state index in [9.17, 15) is 27.9 Å². The highest BCUT2D eigenvalue weighted by atomic mass is 32.2. The van der Waals surface area contributed by atoms with Crippen molar-refractivity contribution in [3.8, 4) is 0 Å². The predicted octanol–water partition coefficient (Wildman–Crippen LogP) is -1.61. The first kappa shape index (κ1) is 20.3. The van der Waals surface area contributed by atoms with Gasteiger partial charge in [-0.25, -0.2) is 0 Å². The molecule has 11 nitrogen and oxygen atoms in total. The van der Waals surface area contributed by atoms with Crippen molar-refractivity contribution in [2.75, 3.05) is 5.75 Å². The highest BCUT2D eigenvalue weighted by molar-refractivity contribution is 7.85. The third kappa shape index (κ3) is 6.03. The number of hydrogen-bond donors (Lipinski definition) is 2. The van der Waals surface area contributed by atoms with Crippen LogP contribution in [0.1, 0.15) is 20.8 Å². The fourth-order valence-electron chi connectivity index (χ4n) is 2.21. The summed E-state index contributed by atoms with van der Waals surface area (Å²) in [4.78, 5) is 33.7. The van der Waals surface area contributed by atoms with Gasteiger partial charge in [0, 0.05) is 20.8 Å². The van der Waals surface area contributed by atoms with E-state index in [4.69, 9.17) is 23.5 Å². The summed E-state index contributed by atoms with van der Waals surface area (Å²) in [5, 5.41) is 9.91. The molecule has 0 spiro atoms. The molecule has 0 aromatic heterocycles. The molecule has 0 aromatic rings. The normalized spacial score (nSPS) is 30.3. The molecule has 0 aliphatic carbocycles. The van der Waals surface area contributed by atoms with Crippen molar-refractivity contribution in [2.45, 2.75) is 51.5 Å². The third-order valence-corrected chi connectivity index (χ3v) is 3.64. The Balaban J connectivity index is 3.23. The molecule has 12 heteroatoms. The van der Waals surface area contributed by atoms with Crippen LogP contribution in [0.4, 0.5) is 0 Å². The molecular weight excluding hydrogens is 352 g/mol. The van der Waals surface area contributed by atoms with E-state index in [0.717, 1.165) is 20.8 Å². The van der Waals surface area contributed by atoms with Gasteiger partial charge in [0.2, 0.25) is 0 Å². The predicted molar refractivity (Wildman–Crippen MR) is 74.0 cm³/mol. The molecule has 1 rings (SSSR count). The van der Waals surface area contributed by atoms with Crippen LogP contribution >= 0.6 is 0 Å². The van der Waals surface area contributed by atoms with Crippen molar-refractivity contribution in [3.05, 3.63) is 0 Å². The van der Waals surface area contributed by atoms with E-state index in [1.165, 1.54) is 0 Å². The summed E-state index contributed by atoms with van der Waals surface area (Å²) in [5.41, 5.74) is 0. The van der Waals surface area contributed by atoms with Crippen molar-refractivity contribution >= 4 is 28.0 Å². The highest BCUT2D eigenvalue weighted by Gasteiger charge is 2.52. The number of carbonyl (C=O) groups excluding carboxylic acids is 3. The van der Waals surface area contributed by atoms with Gasteiger partial charge in [-0.1, -0.05) is 0 Å². The zero-order valence-electron chi connectivity index (χ0n) is 13.1. The Morgan fingerprint density at radius 1 is 0.917 bits per heavy atom. The van der Waals surface area contributed by atoms with E-state index in [2.05, 4.69) is 0 Å². The zero-order valence-corrected chi connectivity index (χ0v) is 13.9. The van der Waals surface area contributed by atoms with Crippen LogP contribution in [0, 0.1) is 0 Å². The topological polar surface area (TPSA) is 163 Å². The van der Waals surface area contributed by atoms with Gasteiger partial charge in [0.05, 0.1) is 0 Å². The van der Waals surface area contributed by atoms with E-state index >= 15 is 0 Å². The van der Waals surface area contributed by atoms with Crippen LogP contribution in [0.2, 0.25) is 0 Å². The number of esters is 3. The Morgan fingerprint density at radius 3 is 1.75 bits per heavy atom. The van der Waals surface area contributed by atoms with Gasteiger partial charge in [-0.05, 0) is 0 Å². The molecule has 0 saturated carbocycles. The molecule has 1 heterocycles. The maximum absolute atomic E-state index is 11.3. The van der Waals surface area contributed by atoms with Crippen molar-refractivity contribution in [1.29, 1.82) is 0 Å². The Morgan fingerprint density at radius 2 is 1.33 bits per heavy atom. The second-order valence-electron chi connectivity index (χ2n) is 5.04. The lowest BCUT2D eigenvalue weighted by Crippen LogP contribution is -2.62. The smallest absolute Gasteiger partial charge is 0.303 e. The highest BCUT2D eigenvalue weighted by Crippen LogP contribution is 2.28. The maximum atomic E-state index is 11.3. The molecule has 0 amide bonds. The largest absolute Gasteiger partial charge is 0.456 e. The number of ether oxygens (including phenoxy) is 4. The summed E-state index contributed by atoms with van der Waals surface area (Å²) >= 11 is 0. The lowest BCUT2D eigenvalue weighted by atomic mass is 9.99. The van der Waals surface area contributed by atoms with Crippen LogP contribution in [0.3, 0.4) is 0 Å². The average Bonchev–Trinajstić information content (AvgIpc) is 2.35. The van der Waals surface area contributed by atoms with Gasteiger partial charge in [0.25, 0.3) is 10.1 Å². The summed E-state index contributed by atoms with van der Waals surface area (Å²) in [6.45, 7) is 3.03. The second-order valence-corrected chi connectivity index (χ2v) is 6.53. The second kappa shape index (κ2) is 7.88. The molecular formula is C12H18O11S. The van der Waals surface area contributed by atoms with E-state index < -0.39 is 64.5 Å². The molecule has 24 heavy (non-hydrogen) atoms. The van der Waals surface area contributed by atoms with E-state index in [1.807, 2.05) is 0 Å². The minimum atomic E-state index is -4.58. The van der Waals surface area contributed by atoms with E-state index in [1.54, 1.807) is 0 Å². The third-order valence-electron chi connectivity index (χ3n) is 2.89. The van der Waals surface area contributed by atoms with Gasteiger partial charge in [0.15, 0.2) is 24.6 Å². The summed E-state index contributed by atoms with van der Waals surface area (Å²) < 4.78 is 50.7. The Hall–Kier alpha value is -1.76. The summed E-state index contributed by atoms with van der Waals surface area (Å²) in [6, 6.07) is 0. The number of aliphatic hydroxyl groups is 1. The Kier molecular flexibility index (Phi) is 6.66. The van der Waals surface area contributed by atoms with Crippen molar-refractivity contribution in [3.63, 3.8) is 0 Å². The molecule has 1 fully saturated rings. The molecule has 0 radical (unpaired) electrons. The van der Waals surface area contributed by atoms with Gasteiger partial charge in [-0.3, -0.25) is 18.9 Å². The quantitative estimate of drug-likeness (QED) is 0.325.